The van der Waals surface area contributed by atoms with Gasteiger partial charge in [-0.3, -0.25) is 0 Å². The van der Waals surface area contributed by atoms with Crippen molar-refractivity contribution >= 4 is 25.8 Å². The predicted molar refractivity (Wildman–Crippen MR) is 75.6 cm³/mol. The zero-order valence-corrected chi connectivity index (χ0v) is 13.7. The molecule has 0 fully saturated rings. The Labute approximate surface area is 125 Å². The van der Waals surface area contributed by atoms with E-state index in [1.807, 2.05) is 20.8 Å². The molecule has 0 aliphatic rings. The normalized spacial score (nSPS) is 15.2. The summed E-state index contributed by atoms with van der Waals surface area (Å²) in [5, 5.41) is 0. The maximum atomic E-state index is 12.7. The third-order valence-electron chi connectivity index (χ3n) is 2.91. The molecule has 1 aromatic rings. The minimum absolute atomic E-state index is 0.139. The fourth-order valence-corrected chi connectivity index (χ4v) is 2.91. The molecule has 0 saturated heterocycles. The van der Waals surface area contributed by atoms with Crippen LogP contribution >= 0.6 is 15.9 Å². The quantitative estimate of drug-likeness (QED) is 0.739. The lowest BCUT2D eigenvalue weighted by atomic mass is 9.88. The molecule has 20 heavy (non-hydrogen) atoms. The molecule has 0 heterocycles. The summed E-state index contributed by atoms with van der Waals surface area (Å²) < 4.78 is 61.1. The van der Waals surface area contributed by atoms with E-state index >= 15 is 0 Å². The van der Waals surface area contributed by atoms with Crippen molar-refractivity contribution in [2.75, 3.05) is 0 Å². The Morgan fingerprint density at radius 3 is 2.10 bits per heavy atom. The molecule has 0 saturated carbocycles. The summed E-state index contributed by atoms with van der Waals surface area (Å²) in [6, 6.07) is 5.24. The number of rotatable bonds is 3. The highest BCUT2D eigenvalue weighted by Crippen LogP contribution is 2.35. The predicted octanol–water partition coefficient (Wildman–Crippen LogP) is 4.33. The van der Waals surface area contributed by atoms with Gasteiger partial charge in [0, 0.05) is 4.83 Å². The van der Waals surface area contributed by atoms with E-state index in [1.54, 1.807) is 0 Å². The van der Waals surface area contributed by atoms with Crippen LogP contribution in [0.1, 0.15) is 26.3 Å². The van der Waals surface area contributed by atoms with Crippen molar-refractivity contribution in [3.05, 3.63) is 29.8 Å². The van der Waals surface area contributed by atoms with Crippen LogP contribution in [0.15, 0.2) is 29.2 Å². The van der Waals surface area contributed by atoms with Gasteiger partial charge >= 0.3 is 5.51 Å². The van der Waals surface area contributed by atoms with Crippen LogP contribution < -0.4 is 0 Å². The van der Waals surface area contributed by atoms with Crippen molar-refractivity contribution in [3.8, 4) is 0 Å². The number of hydrogen-bond donors (Lipinski definition) is 0. The van der Waals surface area contributed by atoms with Gasteiger partial charge in [-0.15, -0.1) is 0 Å². The van der Waals surface area contributed by atoms with Crippen LogP contribution in [-0.2, 0) is 16.3 Å². The lowest BCUT2D eigenvalue weighted by Crippen LogP contribution is -2.27. The molecule has 0 aliphatic carbocycles. The minimum atomic E-state index is -5.32. The van der Waals surface area contributed by atoms with E-state index in [1.165, 1.54) is 18.2 Å². The molecule has 0 radical (unpaired) electrons. The first kappa shape index (κ1) is 17.5. The zero-order chi connectivity index (χ0) is 15.8. The molecule has 1 rings (SSSR count). The highest BCUT2D eigenvalue weighted by molar-refractivity contribution is 9.09. The SMILES string of the molecule is CC(C)(C)C(Br)Cc1ccccc1S(=O)(=O)C(F)(F)F. The van der Waals surface area contributed by atoms with Gasteiger partial charge in [0.25, 0.3) is 9.84 Å². The van der Waals surface area contributed by atoms with Gasteiger partial charge < -0.3 is 0 Å². The zero-order valence-electron chi connectivity index (χ0n) is 11.3. The Morgan fingerprint density at radius 2 is 1.65 bits per heavy atom. The standard InChI is InChI=1S/C13H16BrF3O2S/c1-12(2,3)11(14)8-9-6-4-5-7-10(9)20(18,19)13(15,16)17/h4-7,11H,8H2,1-3H3. The second-order valence-electron chi connectivity index (χ2n) is 5.59. The van der Waals surface area contributed by atoms with Gasteiger partial charge in [0.05, 0.1) is 4.90 Å². The molecule has 0 N–H and O–H groups in total. The number of hydrogen-bond acceptors (Lipinski definition) is 2. The minimum Gasteiger partial charge on any atom is -0.214 e. The van der Waals surface area contributed by atoms with E-state index < -0.39 is 20.2 Å². The third-order valence-corrected chi connectivity index (χ3v) is 6.19. The molecular formula is C13H16BrF3O2S. The van der Waals surface area contributed by atoms with Gasteiger partial charge in [-0.05, 0) is 23.5 Å². The van der Waals surface area contributed by atoms with Gasteiger partial charge in [-0.1, -0.05) is 54.9 Å². The van der Waals surface area contributed by atoms with Crippen molar-refractivity contribution in [2.24, 2.45) is 5.41 Å². The molecule has 114 valence electrons. The topological polar surface area (TPSA) is 34.1 Å². The third kappa shape index (κ3) is 3.75. The highest BCUT2D eigenvalue weighted by Gasteiger charge is 2.47. The maximum absolute atomic E-state index is 12.7. The van der Waals surface area contributed by atoms with Crippen LogP contribution in [-0.4, -0.2) is 18.8 Å². The molecule has 0 amide bonds. The van der Waals surface area contributed by atoms with E-state index in [2.05, 4.69) is 15.9 Å². The molecule has 1 aromatic carbocycles. The van der Waals surface area contributed by atoms with Gasteiger partial charge in [-0.2, -0.15) is 13.2 Å². The molecule has 2 nitrogen and oxygen atoms in total. The molecule has 1 unspecified atom stereocenters. The summed E-state index contributed by atoms with van der Waals surface area (Å²) in [6.45, 7) is 5.77. The first-order chi connectivity index (χ1) is 8.87. The van der Waals surface area contributed by atoms with E-state index in [0.29, 0.717) is 0 Å². The van der Waals surface area contributed by atoms with Crippen LogP contribution in [0.25, 0.3) is 0 Å². The van der Waals surface area contributed by atoms with Crippen LogP contribution in [0.3, 0.4) is 0 Å². The summed E-state index contributed by atoms with van der Waals surface area (Å²) in [6.07, 6.45) is 0.203. The van der Waals surface area contributed by atoms with Gasteiger partial charge in [0.1, 0.15) is 0 Å². The van der Waals surface area contributed by atoms with Gasteiger partial charge in [-0.25, -0.2) is 8.42 Å². The van der Waals surface area contributed by atoms with Crippen LogP contribution in [0, 0.1) is 5.41 Å². The van der Waals surface area contributed by atoms with Crippen LogP contribution in [0.5, 0.6) is 0 Å². The fraction of sp³-hybridized carbons (Fsp3) is 0.538. The monoisotopic (exact) mass is 372 g/mol. The molecule has 7 heteroatoms. The Balaban J connectivity index is 3.27. The second-order valence-corrected chi connectivity index (χ2v) is 8.61. The molecule has 1 atom stereocenters. The Morgan fingerprint density at radius 1 is 1.15 bits per heavy atom. The van der Waals surface area contributed by atoms with Crippen molar-refractivity contribution in [1.29, 1.82) is 0 Å². The first-order valence-corrected chi connectivity index (χ1v) is 8.30. The molecule has 0 bridgehead atoms. The smallest absolute Gasteiger partial charge is 0.214 e. The van der Waals surface area contributed by atoms with E-state index in [-0.39, 0.29) is 22.2 Å². The summed E-state index contributed by atoms with van der Waals surface area (Å²) >= 11 is 3.41. The van der Waals surface area contributed by atoms with Gasteiger partial charge in [0.2, 0.25) is 0 Å². The average molecular weight is 373 g/mol. The lowest BCUT2D eigenvalue weighted by Gasteiger charge is -2.26. The second kappa shape index (κ2) is 5.67. The first-order valence-electron chi connectivity index (χ1n) is 5.90. The van der Waals surface area contributed by atoms with Crippen molar-refractivity contribution < 1.29 is 21.6 Å². The van der Waals surface area contributed by atoms with Crippen molar-refractivity contribution in [2.45, 2.75) is 42.4 Å². The Hall–Kier alpha value is -0.560. The van der Waals surface area contributed by atoms with Crippen LogP contribution in [0.4, 0.5) is 13.2 Å². The largest absolute Gasteiger partial charge is 0.501 e. The molecular weight excluding hydrogens is 357 g/mol. The van der Waals surface area contributed by atoms with E-state index in [4.69, 9.17) is 0 Å². The highest BCUT2D eigenvalue weighted by atomic mass is 79.9. The van der Waals surface area contributed by atoms with Crippen molar-refractivity contribution in [1.82, 2.24) is 0 Å². The number of benzene rings is 1. The number of alkyl halides is 4. The van der Waals surface area contributed by atoms with Gasteiger partial charge in [0.15, 0.2) is 0 Å². The summed E-state index contributed by atoms with van der Waals surface area (Å²) in [7, 11) is -5.32. The Bertz CT molecular complexity index is 574. The lowest BCUT2D eigenvalue weighted by molar-refractivity contribution is -0.0436. The fourth-order valence-electron chi connectivity index (χ4n) is 1.56. The van der Waals surface area contributed by atoms with E-state index in [9.17, 15) is 21.6 Å². The summed E-state index contributed by atoms with van der Waals surface area (Å²) in [5.41, 5.74) is -5.32. The maximum Gasteiger partial charge on any atom is 0.501 e. The molecule has 0 aliphatic heterocycles. The molecule has 0 aromatic heterocycles. The summed E-state index contributed by atoms with van der Waals surface area (Å²) in [5.74, 6) is 0. The summed E-state index contributed by atoms with van der Waals surface area (Å²) in [4.78, 5) is -0.805. The number of sulfone groups is 1. The van der Waals surface area contributed by atoms with E-state index in [0.717, 1.165) is 6.07 Å². The van der Waals surface area contributed by atoms with Crippen molar-refractivity contribution in [3.63, 3.8) is 0 Å². The number of halogens is 4. The Kier molecular flexibility index (Phi) is 4.96. The van der Waals surface area contributed by atoms with Crippen LogP contribution in [0.2, 0.25) is 0 Å². The average Bonchev–Trinajstić information content (AvgIpc) is 2.26. The molecule has 0 spiro atoms.